The minimum atomic E-state index is -2.10. The first-order valence-corrected chi connectivity index (χ1v) is 9.28. The van der Waals surface area contributed by atoms with Gasteiger partial charge in [0.2, 0.25) is 0 Å². The number of rotatable bonds is 1. The number of fused-ring (bicyclic) bond motifs is 5. The lowest BCUT2D eigenvalue weighted by Crippen LogP contribution is -2.66. The van der Waals surface area contributed by atoms with Gasteiger partial charge >= 0.3 is 5.97 Å². The van der Waals surface area contributed by atoms with Crippen molar-refractivity contribution < 1.29 is 28.6 Å². The normalized spacial score (nSPS) is 50.3. The third-order valence-corrected chi connectivity index (χ3v) is 7.94. The van der Waals surface area contributed by atoms with Crippen molar-refractivity contribution in [3.8, 4) is 0 Å². The predicted molar refractivity (Wildman–Crippen MR) is 89.5 cm³/mol. The van der Waals surface area contributed by atoms with E-state index in [0.29, 0.717) is 12.8 Å². The highest BCUT2D eigenvalue weighted by Gasteiger charge is 2.71. The lowest BCUT2D eigenvalue weighted by Gasteiger charge is -2.61. The van der Waals surface area contributed by atoms with E-state index in [9.17, 15) is 24.2 Å². The number of aliphatic carboxylic acids is 1. The fourth-order valence-corrected chi connectivity index (χ4v) is 6.48. The first-order chi connectivity index (χ1) is 12.1. The number of aliphatic hydroxyl groups excluding tert-OH is 1. The van der Waals surface area contributed by atoms with Crippen LogP contribution in [0.3, 0.4) is 0 Å². The molecule has 0 bridgehead atoms. The molecule has 2 saturated carbocycles. The Kier molecular flexibility index (Phi) is 3.60. The molecule has 0 aromatic rings. The van der Waals surface area contributed by atoms with Gasteiger partial charge in [-0.25, -0.2) is 8.78 Å². The van der Waals surface area contributed by atoms with Crippen LogP contribution >= 0.6 is 0 Å². The molecular formula is C20H24F2O4. The number of alkyl halides is 1. The van der Waals surface area contributed by atoms with Crippen molar-refractivity contribution in [2.75, 3.05) is 0 Å². The maximum Gasteiger partial charge on any atom is 0.307 e. The van der Waals surface area contributed by atoms with Crippen LogP contribution in [0.2, 0.25) is 0 Å². The molecule has 7 atom stereocenters. The standard InChI is InChI=1S/C20H24F2O4/c1-18-9-16(24)20(22)13(11(18)3-4-12(18)17(25)26)8-15(21)14-7-10(23)5-6-19(14,20)2/h7-8,11-13,16,24H,3-6,9H2,1-2H3,(H,25,26)/t11?,12?,13?,16?,18?,19?,20-/m0/s1. The Morgan fingerprint density at radius 1 is 1.31 bits per heavy atom. The molecule has 4 nitrogen and oxygen atoms in total. The monoisotopic (exact) mass is 366 g/mol. The van der Waals surface area contributed by atoms with E-state index >= 15 is 4.39 Å². The smallest absolute Gasteiger partial charge is 0.307 e. The van der Waals surface area contributed by atoms with E-state index in [4.69, 9.17) is 0 Å². The highest BCUT2D eigenvalue weighted by atomic mass is 19.1. The molecule has 0 radical (unpaired) electrons. The summed E-state index contributed by atoms with van der Waals surface area (Å²) < 4.78 is 31.5. The van der Waals surface area contributed by atoms with Crippen molar-refractivity contribution in [3.05, 3.63) is 23.6 Å². The number of aliphatic hydroxyl groups is 1. The summed E-state index contributed by atoms with van der Waals surface area (Å²) in [6, 6.07) is 0. The number of ketones is 1. The van der Waals surface area contributed by atoms with Crippen LogP contribution in [0.1, 0.15) is 46.0 Å². The van der Waals surface area contributed by atoms with Crippen molar-refractivity contribution in [3.63, 3.8) is 0 Å². The van der Waals surface area contributed by atoms with Gasteiger partial charge in [0, 0.05) is 23.3 Å². The largest absolute Gasteiger partial charge is 0.481 e. The second kappa shape index (κ2) is 5.24. The van der Waals surface area contributed by atoms with Gasteiger partial charge in [0.25, 0.3) is 0 Å². The molecule has 4 aliphatic rings. The van der Waals surface area contributed by atoms with Gasteiger partial charge in [-0.05, 0) is 49.2 Å². The molecule has 4 rings (SSSR count). The fourth-order valence-electron chi connectivity index (χ4n) is 6.48. The molecule has 6 heteroatoms. The molecule has 0 amide bonds. The Hall–Kier alpha value is -1.56. The van der Waals surface area contributed by atoms with Gasteiger partial charge in [-0.2, -0.15) is 0 Å². The Bertz CT molecular complexity index is 759. The molecule has 0 aliphatic heterocycles. The van der Waals surface area contributed by atoms with E-state index in [1.54, 1.807) is 13.8 Å². The minimum absolute atomic E-state index is 0.0356. The topological polar surface area (TPSA) is 74.6 Å². The van der Waals surface area contributed by atoms with Crippen LogP contribution < -0.4 is 0 Å². The number of carboxylic acid groups (broad SMARTS) is 1. The molecule has 2 N–H and O–H groups in total. The predicted octanol–water partition coefficient (Wildman–Crippen LogP) is 3.36. The molecule has 2 fully saturated rings. The van der Waals surface area contributed by atoms with Crippen LogP contribution in [0.5, 0.6) is 0 Å². The van der Waals surface area contributed by atoms with E-state index in [1.807, 2.05) is 0 Å². The zero-order valence-corrected chi connectivity index (χ0v) is 15.0. The summed E-state index contributed by atoms with van der Waals surface area (Å²) in [6.07, 6.45) is 2.20. The van der Waals surface area contributed by atoms with Gasteiger partial charge in [0.15, 0.2) is 11.5 Å². The molecule has 142 valence electrons. The van der Waals surface area contributed by atoms with Gasteiger partial charge < -0.3 is 10.2 Å². The van der Waals surface area contributed by atoms with Crippen molar-refractivity contribution in [1.82, 2.24) is 0 Å². The fraction of sp³-hybridized carbons (Fsp3) is 0.700. The second-order valence-electron chi connectivity index (χ2n) is 8.97. The molecule has 0 saturated heterocycles. The molecule has 0 aromatic heterocycles. The van der Waals surface area contributed by atoms with Crippen LogP contribution in [0, 0.1) is 28.6 Å². The number of halogens is 2. The first kappa shape index (κ1) is 17.8. The molecule has 0 spiro atoms. The van der Waals surface area contributed by atoms with Crippen molar-refractivity contribution >= 4 is 11.8 Å². The summed E-state index contributed by atoms with van der Waals surface area (Å²) in [5, 5.41) is 20.5. The maximum absolute atomic E-state index is 16.6. The van der Waals surface area contributed by atoms with Crippen LogP contribution in [-0.4, -0.2) is 33.7 Å². The Morgan fingerprint density at radius 3 is 2.65 bits per heavy atom. The summed E-state index contributed by atoms with van der Waals surface area (Å²) in [5.41, 5.74) is -4.12. The van der Waals surface area contributed by atoms with Crippen molar-refractivity contribution in [2.24, 2.45) is 28.6 Å². The van der Waals surface area contributed by atoms with E-state index in [0.717, 1.165) is 0 Å². The van der Waals surface area contributed by atoms with Crippen molar-refractivity contribution in [1.29, 1.82) is 0 Å². The zero-order valence-electron chi connectivity index (χ0n) is 15.0. The maximum atomic E-state index is 16.6. The van der Waals surface area contributed by atoms with Gasteiger partial charge in [-0.3, -0.25) is 9.59 Å². The summed E-state index contributed by atoms with van der Waals surface area (Å²) in [6.45, 7) is 3.39. The van der Waals surface area contributed by atoms with Crippen molar-refractivity contribution in [2.45, 2.75) is 57.7 Å². The van der Waals surface area contributed by atoms with Crippen LogP contribution in [0.15, 0.2) is 23.6 Å². The Balaban J connectivity index is 1.89. The first-order valence-electron chi connectivity index (χ1n) is 9.28. The molecular weight excluding hydrogens is 342 g/mol. The third-order valence-electron chi connectivity index (χ3n) is 7.94. The summed E-state index contributed by atoms with van der Waals surface area (Å²) in [4.78, 5) is 23.5. The van der Waals surface area contributed by atoms with Gasteiger partial charge in [0.05, 0.1) is 12.0 Å². The van der Waals surface area contributed by atoms with Gasteiger partial charge in [0.1, 0.15) is 5.83 Å². The Morgan fingerprint density at radius 2 is 2.00 bits per heavy atom. The Labute approximate surface area is 151 Å². The average Bonchev–Trinajstić information content (AvgIpc) is 2.89. The summed E-state index contributed by atoms with van der Waals surface area (Å²) in [7, 11) is 0. The molecule has 0 heterocycles. The van der Waals surface area contributed by atoms with Crippen LogP contribution in [-0.2, 0) is 9.59 Å². The molecule has 6 unspecified atom stereocenters. The average molecular weight is 366 g/mol. The number of hydrogen-bond donors (Lipinski definition) is 2. The van der Waals surface area contributed by atoms with E-state index in [1.165, 1.54) is 12.2 Å². The molecule has 4 aliphatic carbocycles. The van der Waals surface area contributed by atoms with Gasteiger partial charge in [-0.15, -0.1) is 0 Å². The van der Waals surface area contributed by atoms with Crippen LogP contribution in [0.4, 0.5) is 8.78 Å². The quantitative estimate of drug-likeness (QED) is 0.746. The number of hydrogen-bond acceptors (Lipinski definition) is 3. The number of carboxylic acids is 1. The molecule has 0 aromatic carbocycles. The number of carbonyl (C=O) groups excluding carboxylic acids is 1. The van der Waals surface area contributed by atoms with E-state index in [2.05, 4.69) is 0 Å². The van der Waals surface area contributed by atoms with Gasteiger partial charge in [-0.1, -0.05) is 13.8 Å². The molecule has 26 heavy (non-hydrogen) atoms. The number of carbonyl (C=O) groups is 2. The second-order valence-corrected chi connectivity index (χ2v) is 8.97. The van der Waals surface area contributed by atoms with E-state index < -0.39 is 46.2 Å². The third kappa shape index (κ3) is 1.91. The zero-order chi connectivity index (χ0) is 19.1. The SMILES string of the molecule is CC12CC(O)[C@@]3(F)C(C=C(F)C4=CC(=O)CCC43C)C1CCC2C(=O)O. The van der Waals surface area contributed by atoms with Crippen LogP contribution in [0.25, 0.3) is 0 Å². The summed E-state index contributed by atoms with van der Waals surface area (Å²) >= 11 is 0. The lowest BCUT2D eigenvalue weighted by atomic mass is 9.46. The van der Waals surface area contributed by atoms with E-state index in [-0.39, 0.29) is 36.5 Å². The highest BCUT2D eigenvalue weighted by Crippen LogP contribution is 2.69. The summed E-state index contributed by atoms with van der Waals surface area (Å²) in [5.74, 6) is -3.68. The highest BCUT2D eigenvalue weighted by molar-refractivity contribution is 5.92. The minimum Gasteiger partial charge on any atom is -0.481 e. The number of allylic oxidation sites excluding steroid dienone is 4. The lowest BCUT2D eigenvalue weighted by molar-refractivity contribution is -0.192.